The predicted octanol–water partition coefficient (Wildman–Crippen LogP) is 11.8. The molecule has 0 aromatic carbocycles. The van der Waals surface area contributed by atoms with Crippen molar-refractivity contribution in [2.75, 3.05) is 6.61 Å². The molecule has 6 heteroatoms. The molecule has 0 radical (unpaired) electrons. The highest BCUT2D eigenvalue weighted by Gasteiger charge is 2.23. The van der Waals surface area contributed by atoms with E-state index in [-0.39, 0.29) is 24.9 Å². The zero-order chi connectivity index (χ0) is 39.6. The quantitative estimate of drug-likeness (QED) is 0.0346. The van der Waals surface area contributed by atoms with E-state index in [4.69, 9.17) is 4.74 Å². The number of allylic oxidation sites excluding steroid dienone is 19. The molecule has 3 N–H and O–H groups in total. The Kier molecular flexibility index (Phi) is 37.6. The number of esters is 1. The van der Waals surface area contributed by atoms with Gasteiger partial charge in [0.15, 0.2) is 0 Å². The number of ether oxygens (including phenoxy) is 1. The molecule has 3 atom stereocenters. The Morgan fingerprint density at radius 2 is 1.04 bits per heavy atom. The Morgan fingerprint density at radius 3 is 1.56 bits per heavy atom. The Bertz CT molecular complexity index is 1200. The van der Waals surface area contributed by atoms with Crippen LogP contribution in [0, 0.1) is 0 Å². The molecule has 54 heavy (non-hydrogen) atoms. The number of carbonyl (C=O) groups is 2. The van der Waals surface area contributed by atoms with Gasteiger partial charge in [0, 0.05) is 12.8 Å². The van der Waals surface area contributed by atoms with Gasteiger partial charge in [0.05, 0.1) is 25.2 Å². The van der Waals surface area contributed by atoms with E-state index in [2.05, 4.69) is 44.3 Å². The smallest absolute Gasteiger partial charge is 0.306 e. The average molecular weight is 746 g/mol. The molecular formula is C48H75NO5. The van der Waals surface area contributed by atoms with E-state index >= 15 is 0 Å². The van der Waals surface area contributed by atoms with Gasteiger partial charge in [0.2, 0.25) is 5.91 Å². The minimum atomic E-state index is -0.830. The van der Waals surface area contributed by atoms with Gasteiger partial charge in [-0.25, -0.2) is 0 Å². The van der Waals surface area contributed by atoms with Gasteiger partial charge in [-0.05, 0) is 38.5 Å². The Morgan fingerprint density at radius 1 is 0.574 bits per heavy atom. The fraction of sp³-hybridized carbons (Fsp3) is 0.542. The van der Waals surface area contributed by atoms with Gasteiger partial charge >= 0.3 is 5.97 Å². The van der Waals surface area contributed by atoms with Gasteiger partial charge in [-0.15, -0.1) is 0 Å². The zero-order valence-corrected chi connectivity index (χ0v) is 34.0. The first-order valence-corrected chi connectivity index (χ1v) is 20.9. The molecule has 0 saturated carbocycles. The second kappa shape index (κ2) is 40.4. The van der Waals surface area contributed by atoms with Crippen molar-refractivity contribution in [3.63, 3.8) is 0 Å². The molecule has 0 aliphatic heterocycles. The van der Waals surface area contributed by atoms with Crippen molar-refractivity contribution in [3.8, 4) is 0 Å². The fourth-order valence-electron chi connectivity index (χ4n) is 5.41. The maximum atomic E-state index is 13.0. The number of nitrogens with one attached hydrogen (secondary N) is 1. The third-order valence-corrected chi connectivity index (χ3v) is 8.54. The molecule has 0 bridgehead atoms. The predicted molar refractivity (Wildman–Crippen MR) is 231 cm³/mol. The largest absolute Gasteiger partial charge is 0.461 e. The fourth-order valence-corrected chi connectivity index (χ4v) is 5.41. The first-order chi connectivity index (χ1) is 26.5. The Hall–Kier alpha value is -3.74. The van der Waals surface area contributed by atoms with Crippen LogP contribution in [0.1, 0.15) is 143 Å². The molecule has 0 aromatic heterocycles. The minimum Gasteiger partial charge on any atom is -0.461 e. The number of aliphatic hydroxyl groups is 2. The van der Waals surface area contributed by atoms with Crippen molar-refractivity contribution >= 4 is 11.9 Å². The summed E-state index contributed by atoms with van der Waals surface area (Å²) < 4.78 is 5.77. The molecule has 6 nitrogen and oxygen atoms in total. The van der Waals surface area contributed by atoms with Crippen LogP contribution in [0.15, 0.2) is 122 Å². The Balaban J connectivity index is 4.89. The lowest BCUT2D eigenvalue weighted by molar-refractivity contribution is -0.150. The van der Waals surface area contributed by atoms with E-state index in [1.807, 2.05) is 103 Å². The molecule has 0 aliphatic carbocycles. The summed E-state index contributed by atoms with van der Waals surface area (Å²) in [4.78, 5) is 25.8. The molecule has 0 fully saturated rings. The van der Waals surface area contributed by atoms with E-state index < -0.39 is 18.2 Å². The summed E-state index contributed by atoms with van der Waals surface area (Å²) in [6.45, 7) is 6.08. The second-order valence-electron chi connectivity index (χ2n) is 13.5. The van der Waals surface area contributed by atoms with Crippen LogP contribution < -0.4 is 5.32 Å². The molecule has 0 aliphatic rings. The van der Waals surface area contributed by atoms with Crippen LogP contribution in [0.4, 0.5) is 0 Å². The van der Waals surface area contributed by atoms with Crippen LogP contribution in [0.2, 0.25) is 0 Å². The highest BCUT2D eigenvalue weighted by molar-refractivity contribution is 5.77. The number of carbonyl (C=O) groups excluding carboxylic acids is 2. The van der Waals surface area contributed by atoms with E-state index in [0.29, 0.717) is 25.7 Å². The number of aliphatic hydroxyl groups excluding tert-OH is 2. The van der Waals surface area contributed by atoms with Crippen LogP contribution in [0.3, 0.4) is 0 Å². The summed E-state index contributed by atoms with van der Waals surface area (Å²) >= 11 is 0. The van der Waals surface area contributed by atoms with Crippen LogP contribution in [0.5, 0.6) is 0 Å². The summed E-state index contributed by atoms with van der Waals surface area (Å²) in [5.41, 5.74) is 0. The van der Waals surface area contributed by atoms with Crippen molar-refractivity contribution in [1.29, 1.82) is 0 Å². The van der Waals surface area contributed by atoms with Gasteiger partial charge in [0.1, 0.15) is 6.10 Å². The lowest BCUT2D eigenvalue weighted by Crippen LogP contribution is -2.46. The summed E-state index contributed by atoms with van der Waals surface area (Å²) in [5, 5.41) is 23.4. The first kappa shape index (κ1) is 50.3. The lowest BCUT2D eigenvalue weighted by atomic mass is 10.0. The van der Waals surface area contributed by atoms with Gasteiger partial charge in [-0.1, -0.05) is 206 Å². The zero-order valence-electron chi connectivity index (χ0n) is 34.0. The van der Waals surface area contributed by atoms with Crippen LogP contribution in [-0.2, 0) is 14.3 Å². The number of amides is 1. The molecule has 0 aromatic rings. The van der Waals surface area contributed by atoms with E-state index in [0.717, 1.165) is 51.4 Å². The number of rotatable bonds is 34. The highest BCUT2D eigenvalue weighted by Crippen LogP contribution is 2.14. The minimum absolute atomic E-state index is 0.0449. The summed E-state index contributed by atoms with van der Waals surface area (Å²) in [5.74, 6) is -0.678. The molecule has 0 saturated heterocycles. The van der Waals surface area contributed by atoms with E-state index in [9.17, 15) is 19.8 Å². The second-order valence-corrected chi connectivity index (χ2v) is 13.5. The maximum Gasteiger partial charge on any atom is 0.306 e. The molecule has 0 spiro atoms. The summed E-state index contributed by atoms with van der Waals surface area (Å²) in [6, 6.07) is -0.754. The van der Waals surface area contributed by atoms with E-state index in [1.165, 1.54) is 38.5 Å². The van der Waals surface area contributed by atoms with Gasteiger partial charge < -0.3 is 20.3 Å². The Labute approximate surface area is 330 Å². The standard InChI is InChI=1S/C48H75NO5/c1-4-7-10-13-16-19-21-22-23-24-26-29-32-35-38-41-48(53)54-44(39-36-33-30-28-25-20-17-14-11-8-5-2)42-47(52)49-45(43-50)46(51)40-37-34-31-27-18-15-12-9-6-3/h7-8,10-11,13-14,16-17,19-26,28,30,33,36,44-46,50-51H,4-6,9,12,15,18,27,29,31-32,34-35,37-43H2,1-3H3,(H,49,52)/b10-7+,11-8+,16-13+,17-14+,21-19-,23-22-,25-20-,26-24+,30-28-,36-33+. The van der Waals surface area contributed by atoms with E-state index in [1.54, 1.807) is 0 Å². The van der Waals surface area contributed by atoms with Crippen LogP contribution >= 0.6 is 0 Å². The monoisotopic (exact) mass is 746 g/mol. The van der Waals surface area contributed by atoms with Crippen LogP contribution in [-0.4, -0.2) is 46.9 Å². The molecule has 302 valence electrons. The topological polar surface area (TPSA) is 95.9 Å². The number of hydrogen-bond acceptors (Lipinski definition) is 5. The lowest BCUT2D eigenvalue weighted by Gasteiger charge is -2.24. The molecule has 1 amide bonds. The van der Waals surface area contributed by atoms with Gasteiger partial charge in [0.25, 0.3) is 0 Å². The number of hydrogen-bond donors (Lipinski definition) is 3. The normalized spacial score (nSPS) is 14.7. The van der Waals surface area contributed by atoms with Crippen LogP contribution in [0.25, 0.3) is 0 Å². The highest BCUT2D eigenvalue weighted by atomic mass is 16.5. The molecule has 0 rings (SSSR count). The van der Waals surface area contributed by atoms with Gasteiger partial charge in [-0.2, -0.15) is 0 Å². The molecular weight excluding hydrogens is 671 g/mol. The van der Waals surface area contributed by atoms with Crippen molar-refractivity contribution in [1.82, 2.24) is 5.32 Å². The number of unbranched alkanes of at least 4 members (excludes halogenated alkanes) is 11. The van der Waals surface area contributed by atoms with Crippen molar-refractivity contribution in [2.24, 2.45) is 0 Å². The summed E-state index contributed by atoms with van der Waals surface area (Å²) in [6.07, 6.45) is 55.7. The van der Waals surface area contributed by atoms with Crippen molar-refractivity contribution in [2.45, 2.75) is 161 Å². The summed E-state index contributed by atoms with van der Waals surface area (Å²) in [7, 11) is 0. The third-order valence-electron chi connectivity index (χ3n) is 8.54. The van der Waals surface area contributed by atoms with Gasteiger partial charge in [-0.3, -0.25) is 9.59 Å². The molecule has 3 unspecified atom stereocenters. The first-order valence-electron chi connectivity index (χ1n) is 20.9. The van der Waals surface area contributed by atoms with Crippen molar-refractivity contribution in [3.05, 3.63) is 122 Å². The third kappa shape index (κ3) is 35.3. The van der Waals surface area contributed by atoms with Crippen molar-refractivity contribution < 1.29 is 24.5 Å². The SMILES string of the molecule is CC/C=C/C=C/C=C\C=C/C=C/CCCCCC(=O)OC(C/C=C/C=C\C=C/C=C/C=C/CC)CC(=O)NC(CO)C(O)CCCCCCCCCCC. The maximum absolute atomic E-state index is 13.0. The molecule has 0 heterocycles. The average Bonchev–Trinajstić information content (AvgIpc) is 3.16.